The van der Waals surface area contributed by atoms with E-state index in [4.69, 9.17) is 20.9 Å². The molecule has 0 bridgehead atoms. The Balaban J connectivity index is 1.84. The minimum absolute atomic E-state index is 0.0687. The second kappa shape index (κ2) is 5.50. The molecule has 0 heterocycles. The van der Waals surface area contributed by atoms with Crippen LogP contribution in [0.2, 0.25) is 0 Å². The van der Waals surface area contributed by atoms with Gasteiger partial charge in [0.05, 0.1) is 12.8 Å². The topological polar surface area (TPSA) is 139 Å². The first kappa shape index (κ1) is 17.2. The third kappa shape index (κ3) is 4.00. The number of esters is 2. The quantitative estimate of drug-likeness (QED) is 0.598. The Morgan fingerprint density at radius 3 is 1.35 bits per heavy atom. The number of carbonyl (C=O) groups is 4. The number of hydrogen-bond donors (Lipinski definition) is 2. The van der Waals surface area contributed by atoms with Gasteiger partial charge < -0.3 is 20.9 Å². The smallest absolute Gasteiger partial charge is 0.307 e. The number of ether oxygens (including phenoxy) is 2. The second-order valence-electron chi connectivity index (χ2n) is 7.18. The fraction of sp³-hybridized carbons (Fsp3) is 0.733. The van der Waals surface area contributed by atoms with Crippen molar-refractivity contribution in [2.75, 3.05) is 0 Å². The number of rotatable bonds is 8. The van der Waals surface area contributed by atoms with Gasteiger partial charge in [0.15, 0.2) is 11.2 Å². The molecule has 0 aromatic carbocycles. The summed E-state index contributed by atoms with van der Waals surface area (Å²) in [6, 6.07) is 0. The van der Waals surface area contributed by atoms with Crippen LogP contribution in [-0.4, -0.2) is 35.0 Å². The Morgan fingerprint density at radius 1 is 0.826 bits per heavy atom. The Bertz CT molecular complexity index is 512. The van der Waals surface area contributed by atoms with Gasteiger partial charge >= 0.3 is 11.9 Å². The van der Waals surface area contributed by atoms with Crippen LogP contribution in [0.1, 0.15) is 52.4 Å². The summed E-state index contributed by atoms with van der Waals surface area (Å²) < 4.78 is 10.3. The molecule has 0 saturated heterocycles. The predicted molar refractivity (Wildman–Crippen MR) is 77.5 cm³/mol. The zero-order valence-corrected chi connectivity index (χ0v) is 13.3. The van der Waals surface area contributed by atoms with E-state index in [0.29, 0.717) is 25.7 Å². The fourth-order valence-electron chi connectivity index (χ4n) is 2.38. The molecule has 4 N–H and O–H groups in total. The van der Waals surface area contributed by atoms with Crippen molar-refractivity contribution in [3.8, 4) is 0 Å². The standard InChI is InChI=1S/C15H22N2O6/c1-13(2,7-9(18)22-14(3-4-14)11(16)20)8-10(19)23-15(5-6-15)12(17)21/h3-8H2,1-2H3,(H2,16,20)(H2,17,21). The van der Waals surface area contributed by atoms with Gasteiger partial charge in [0.2, 0.25) is 0 Å². The largest absolute Gasteiger partial charge is 0.449 e. The molecule has 2 aliphatic rings. The van der Waals surface area contributed by atoms with E-state index in [2.05, 4.69) is 0 Å². The number of hydrogen-bond acceptors (Lipinski definition) is 6. The van der Waals surface area contributed by atoms with Crippen LogP contribution in [0.4, 0.5) is 0 Å². The van der Waals surface area contributed by atoms with Crippen molar-refractivity contribution in [3.63, 3.8) is 0 Å². The van der Waals surface area contributed by atoms with E-state index in [1.165, 1.54) is 0 Å². The number of primary amides is 2. The summed E-state index contributed by atoms with van der Waals surface area (Å²) in [5.41, 5.74) is 7.31. The molecule has 2 saturated carbocycles. The average Bonchev–Trinajstić information content (AvgIpc) is 3.23. The summed E-state index contributed by atoms with van der Waals surface area (Å²) in [4.78, 5) is 46.3. The van der Waals surface area contributed by atoms with Crippen LogP contribution in [0.25, 0.3) is 0 Å². The Morgan fingerprint density at radius 2 is 1.13 bits per heavy atom. The normalized spacial score (nSPS) is 20.3. The highest BCUT2D eigenvalue weighted by molar-refractivity contribution is 5.90. The molecular weight excluding hydrogens is 304 g/mol. The number of carbonyl (C=O) groups excluding carboxylic acids is 4. The maximum atomic E-state index is 11.9. The molecule has 0 aromatic rings. The first-order chi connectivity index (χ1) is 10.5. The molecule has 8 nitrogen and oxygen atoms in total. The first-order valence-corrected chi connectivity index (χ1v) is 7.54. The van der Waals surface area contributed by atoms with Crippen molar-refractivity contribution >= 4 is 23.8 Å². The molecule has 2 aliphatic carbocycles. The van der Waals surface area contributed by atoms with Gasteiger partial charge in [-0.3, -0.25) is 19.2 Å². The van der Waals surface area contributed by atoms with Crippen molar-refractivity contribution in [3.05, 3.63) is 0 Å². The van der Waals surface area contributed by atoms with Crippen LogP contribution >= 0.6 is 0 Å². The molecule has 0 unspecified atom stereocenters. The molecule has 128 valence electrons. The zero-order valence-electron chi connectivity index (χ0n) is 13.3. The van der Waals surface area contributed by atoms with Gasteiger partial charge in [0, 0.05) is 25.7 Å². The van der Waals surface area contributed by atoms with Crippen molar-refractivity contribution in [1.82, 2.24) is 0 Å². The maximum Gasteiger partial charge on any atom is 0.307 e. The van der Waals surface area contributed by atoms with Crippen molar-refractivity contribution in [2.24, 2.45) is 16.9 Å². The summed E-state index contributed by atoms with van der Waals surface area (Å²) in [6.07, 6.45) is 1.58. The molecule has 0 radical (unpaired) electrons. The number of amides is 2. The van der Waals surface area contributed by atoms with E-state index in [-0.39, 0.29) is 12.8 Å². The minimum Gasteiger partial charge on any atom is -0.449 e. The molecule has 0 aliphatic heterocycles. The maximum absolute atomic E-state index is 11.9. The lowest BCUT2D eigenvalue weighted by atomic mass is 9.86. The highest BCUT2D eigenvalue weighted by atomic mass is 16.6. The molecule has 0 atom stereocenters. The van der Waals surface area contributed by atoms with E-state index in [0.717, 1.165) is 0 Å². The minimum atomic E-state index is -1.17. The molecule has 2 rings (SSSR count). The van der Waals surface area contributed by atoms with Crippen LogP contribution in [0, 0.1) is 5.41 Å². The van der Waals surface area contributed by atoms with E-state index in [9.17, 15) is 19.2 Å². The average molecular weight is 326 g/mol. The first-order valence-electron chi connectivity index (χ1n) is 7.54. The van der Waals surface area contributed by atoms with Gasteiger partial charge in [-0.15, -0.1) is 0 Å². The predicted octanol–water partition coefficient (Wildman–Crippen LogP) is -0.0850. The monoisotopic (exact) mass is 326 g/mol. The van der Waals surface area contributed by atoms with Crippen molar-refractivity contribution in [2.45, 2.75) is 63.6 Å². The summed E-state index contributed by atoms with van der Waals surface area (Å²) in [7, 11) is 0. The lowest BCUT2D eigenvalue weighted by molar-refractivity contribution is -0.163. The summed E-state index contributed by atoms with van der Waals surface area (Å²) in [6.45, 7) is 3.40. The van der Waals surface area contributed by atoms with Gasteiger partial charge in [-0.2, -0.15) is 0 Å². The van der Waals surface area contributed by atoms with Gasteiger partial charge in [-0.25, -0.2) is 0 Å². The summed E-state index contributed by atoms with van der Waals surface area (Å²) in [5, 5.41) is 0. The van der Waals surface area contributed by atoms with Crippen LogP contribution in [0.5, 0.6) is 0 Å². The highest BCUT2D eigenvalue weighted by Crippen LogP contribution is 2.42. The molecule has 0 aromatic heterocycles. The van der Waals surface area contributed by atoms with Gasteiger partial charge in [0.25, 0.3) is 11.8 Å². The molecule has 0 spiro atoms. The second-order valence-corrected chi connectivity index (χ2v) is 7.18. The molecule has 8 heteroatoms. The zero-order chi connectivity index (χ0) is 17.5. The summed E-state index contributed by atoms with van der Waals surface area (Å²) in [5.74, 6) is -2.48. The molecule has 2 fully saturated rings. The SMILES string of the molecule is CC(C)(CC(=O)OC1(C(N)=O)CC1)CC(=O)OC1(C(N)=O)CC1. The lowest BCUT2D eigenvalue weighted by Crippen LogP contribution is -2.38. The van der Waals surface area contributed by atoms with Gasteiger partial charge in [-0.05, 0) is 5.41 Å². The van der Waals surface area contributed by atoms with Gasteiger partial charge in [0.1, 0.15) is 0 Å². The van der Waals surface area contributed by atoms with E-state index >= 15 is 0 Å². The van der Waals surface area contributed by atoms with Crippen molar-refractivity contribution in [1.29, 1.82) is 0 Å². The summed E-state index contributed by atoms with van der Waals surface area (Å²) >= 11 is 0. The Kier molecular flexibility index (Phi) is 4.13. The molecule has 2 amide bonds. The third-order valence-electron chi connectivity index (χ3n) is 4.17. The van der Waals surface area contributed by atoms with Crippen LogP contribution < -0.4 is 11.5 Å². The fourth-order valence-corrected chi connectivity index (χ4v) is 2.38. The van der Waals surface area contributed by atoms with Crippen molar-refractivity contribution < 1.29 is 28.7 Å². The molecule has 23 heavy (non-hydrogen) atoms. The highest BCUT2D eigenvalue weighted by Gasteiger charge is 2.54. The lowest BCUT2D eigenvalue weighted by Gasteiger charge is -2.24. The molecular formula is C15H22N2O6. The van der Waals surface area contributed by atoms with Gasteiger partial charge in [-0.1, -0.05) is 13.8 Å². The Labute approximate surface area is 133 Å². The van der Waals surface area contributed by atoms with Crippen LogP contribution in [-0.2, 0) is 28.7 Å². The Hall–Kier alpha value is -2.12. The van der Waals surface area contributed by atoms with Crippen LogP contribution in [0.3, 0.4) is 0 Å². The third-order valence-corrected chi connectivity index (χ3v) is 4.17. The van der Waals surface area contributed by atoms with Crippen LogP contribution in [0.15, 0.2) is 0 Å². The van der Waals surface area contributed by atoms with E-state index in [1.54, 1.807) is 13.8 Å². The number of nitrogens with two attached hydrogens (primary N) is 2. The van der Waals surface area contributed by atoms with E-state index < -0.39 is 40.4 Å². The van der Waals surface area contributed by atoms with E-state index in [1.807, 2.05) is 0 Å².